The molecule has 4 nitrogen and oxygen atoms in total. The van der Waals surface area contributed by atoms with Crippen molar-refractivity contribution in [3.63, 3.8) is 0 Å². The summed E-state index contributed by atoms with van der Waals surface area (Å²) in [6.07, 6.45) is 2.04. The first-order chi connectivity index (χ1) is 6.13. The maximum Gasteiger partial charge on any atom is 0.260 e. The SMILES string of the molecule is CCCc1sc(NS(=O)O)nc1C. The second-order valence-corrected chi connectivity index (χ2v) is 4.41. The summed E-state index contributed by atoms with van der Waals surface area (Å²) in [6, 6.07) is 0. The minimum absolute atomic E-state index is 0.516. The second-order valence-electron chi connectivity index (χ2n) is 2.63. The van der Waals surface area contributed by atoms with Crippen LogP contribution in [0, 0.1) is 6.92 Å². The highest BCUT2D eigenvalue weighted by Crippen LogP contribution is 2.23. The zero-order valence-corrected chi connectivity index (χ0v) is 9.17. The first-order valence-corrected chi connectivity index (χ1v) is 5.89. The van der Waals surface area contributed by atoms with E-state index >= 15 is 0 Å². The number of nitrogens with one attached hydrogen (secondary N) is 1. The van der Waals surface area contributed by atoms with E-state index in [4.69, 9.17) is 4.55 Å². The number of rotatable bonds is 4. The molecule has 1 unspecified atom stereocenters. The van der Waals surface area contributed by atoms with Crippen LogP contribution in [0.1, 0.15) is 23.9 Å². The quantitative estimate of drug-likeness (QED) is 0.762. The fraction of sp³-hybridized carbons (Fsp3) is 0.571. The molecule has 13 heavy (non-hydrogen) atoms. The highest BCUT2D eigenvalue weighted by atomic mass is 32.2. The topological polar surface area (TPSA) is 62.2 Å². The predicted molar refractivity (Wildman–Crippen MR) is 55.2 cm³/mol. The Morgan fingerprint density at radius 3 is 2.92 bits per heavy atom. The highest BCUT2D eigenvalue weighted by Gasteiger charge is 2.07. The number of hydrogen-bond acceptors (Lipinski definition) is 3. The van der Waals surface area contributed by atoms with E-state index in [1.807, 2.05) is 6.92 Å². The van der Waals surface area contributed by atoms with Gasteiger partial charge < -0.3 is 0 Å². The highest BCUT2D eigenvalue weighted by molar-refractivity contribution is 7.80. The molecule has 0 aromatic carbocycles. The Bertz CT molecular complexity index is 311. The third kappa shape index (κ3) is 3.06. The molecule has 0 aliphatic rings. The average Bonchev–Trinajstić information content (AvgIpc) is 2.31. The summed E-state index contributed by atoms with van der Waals surface area (Å²) in [5.41, 5.74) is 0.944. The molecule has 74 valence electrons. The van der Waals surface area contributed by atoms with E-state index in [1.165, 1.54) is 16.2 Å². The first-order valence-electron chi connectivity index (χ1n) is 3.97. The van der Waals surface area contributed by atoms with E-state index in [0.717, 1.165) is 18.5 Å². The van der Waals surface area contributed by atoms with Gasteiger partial charge in [0.05, 0.1) is 5.69 Å². The number of aryl methyl sites for hydroxylation is 2. The van der Waals surface area contributed by atoms with Gasteiger partial charge >= 0.3 is 0 Å². The Hall–Kier alpha value is -0.460. The van der Waals surface area contributed by atoms with Gasteiger partial charge in [0.1, 0.15) is 0 Å². The fourth-order valence-corrected chi connectivity index (χ4v) is 2.50. The molecule has 0 bridgehead atoms. The van der Waals surface area contributed by atoms with E-state index in [1.54, 1.807) is 0 Å². The Kier molecular flexibility index (Phi) is 3.83. The Morgan fingerprint density at radius 1 is 1.69 bits per heavy atom. The lowest BCUT2D eigenvalue weighted by molar-refractivity contribution is 0.570. The van der Waals surface area contributed by atoms with Crippen molar-refractivity contribution in [3.05, 3.63) is 10.6 Å². The molecular weight excluding hydrogens is 208 g/mol. The standard InChI is InChI=1S/C7H12N2O2S2/c1-3-4-6-5(2)8-7(12-6)9-13(10)11/h3-4H2,1-2H3,(H,8,9)(H,10,11). The third-order valence-electron chi connectivity index (χ3n) is 1.54. The van der Waals surface area contributed by atoms with Gasteiger partial charge in [-0.2, -0.15) is 0 Å². The summed E-state index contributed by atoms with van der Waals surface area (Å²) in [5.74, 6) is 0. The maximum absolute atomic E-state index is 10.4. The Balaban J connectivity index is 2.76. The zero-order valence-electron chi connectivity index (χ0n) is 7.53. The number of aromatic nitrogens is 1. The molecule has 0 spiro atoms. The molecule has 0 fully saturated rings. The van der Waals surface area contributed by atoms with Crippen LogP contribution in [-0.4, -0.2) is 13.7 Å². The van der Waals surface area contributed by atoms with Crippen LogP contribution in [0.15, 0.2) is 0 Å². The van der Waals surface area contributed by atoms with Crippen LogP contribution in [0.3, 0.4) is 0 Å². The van der Waals surface area contributed by atoms with Crippen molar-refractivity contribution < 1.29 is 8.76 Å². The lowest BCUT2D eigenvalue weighted by Crippen LogP contribution is -2.00. The molecule has 1 atom stereocenters. The van der Waals surface area contributed by atoms with Crippen LogP contribution >= 0.6 is 11.3 Å². The molecule has 1 heterocycles. The molecule has 0 saturated heterocycles. The summed E-state index contributed by atoms with van der Waals surface area (Å²) in [6.45, 7) is 4.00. The molecule has 1 aromatic heterocycles. The van der Waals surface area contributed by atoms with E-state index in [9.17, 15) is 4.21 Å². The normalized spacial score (nSPS) is 12.8. The van der Waals surface area contributed by atoms with Crippen LogP contribution in [0.5, 0.6) is 0 Å². The Morgan fingerprint density at radius 2 is 2.38 bits per heavy atom. The van der Waals surface area contributed by atoms with Crippen molar-refractivity contribution in [1.82, 2.24) is 4.98 Å². The van der Waals surface area contributed by atoms with Gasteiger partial charge in [0.25, 0.3) is 11.3 Å². The molecule has 0 saturated carbocycles. The van der Waals surface area contributed by atoms with Crippen LogP contribution in [-0.2, 0) is 17.7 Å². The molecule has 6 heteroatoms. The summed E-state index contributed by atoms with van der Waals surface area (Å²) in [7, 11) is 0. The van der Waals surface area contributed by atoms with Crippen molar-refractivity contribution in [2.45, 2.75) is 26.7 Å². The van der Waals surface area contributed by atoms with Gasteiger partial charge in [0.15, 0.2) is 5.13 Å². The van der Waals surface area contributed by atoms with Crippen LogP contribution < -0.4 is 4.72 Å². The summed E-state index contributed by atoms with van der Waals surface area (Å²) < 4.78 is 21.3. The number of hydrogen-bond donors (Lipinski definition) is 2. The molecule has 0 aliphatic heterocycles. The largest absolute Gasteiger partial charge is 0.289 e. The zero-order chi connectivity index (χ0) is 9.84. The van der Waals surface area contributed by atoms with Crippen molar-refractivity contribution >= 4 is 27.7 Å². The summed E-state index contributed by atoms with van der Waals surface area (Å²) in [5, 5.41) is 0.516. The minimum Gasteiger partial charge on any atom is -0.289 e. The van der Waals surface area contributed by atoms with Crippen molar-refractivity contribution in [1.29, 1.82) is 0 Å². The van der Waals surface area contributed by atoms with Gasteiger partial charge in [0.2, 0.25) is 0 Å². The van der Waals surface area contributed by atoms with Gasteiger partial charge in [-0.15, -0.1) is 11.3 Å². The van der Waals surface area contributed by atoms with Crippen LogP contribution in [0.2, 0.25) is 0 Å². The third-order valence-corrected chi connectivity index (χ3v) is 3.17. The smallest absolute Gasteiger partial charge is 0.260 e. The molecule has 0 aliphatic carbocycles. The average molecular weight is 220 g/mol. The molecule has 2 N–H and O–H groups in total. The van der Waals surface area contributed by atoms with Crippen molar-refractivity contribution in [2.24, 2.45) is 0 Å². The van der Waals surface area contributed by atoms with Gasteiger partial charge in [-0.05, 0) is 13.3 Å². The van der Waals surface area contributed by atoms with Crippen LogP contribution in [0.25, 0.3) is 0 Å². The lowest BCUT2D eigenvalue weighted by atomic mass is 10.2. The monoisotopic (exact) mass is 220 g/mol. The second kappa shape index (κ2) is 4.69. The van der Waals surface area contributed by atoms with E-state index < -0.39 is 11.3 Å². The fourth-order valence-electron chi connectivity index (χ4n) is 1.01. The van der Waals surface area contributed by atoms with Crippen molar-refractivity contribution in [3.8, 4) is 0 Å². The molecule has 1 rings (SSSR count). The molecule has 0 radical (unpaired) electrons. The predicted octanol–water partition coefficient (Wildman–Crippen LogP) is 1.95. The molecular formula is C7H12N2O2S2. The van der Waals surface area contributed by atoms with Gasteiger partial charge in [-0.3, -0.25) is 9.27 Å². The molecule has 1 aromatic rings. The van der Waals surface area contributed by atoms with Gasteiger partial charge in [-0.1, -0.05) is 13.3 Å². The first kappa shape index (κ1) is 10.6. The van der Waals surface area contributed by atoms with E-state index in [0.29, 0.717) is 5.13 Å². The van der Waals surface area contributed by atoms with E-state index in [-0.39, 0.29) is 0 Å². The Labute approximate surface area is 83.8 Å². The maximum atomic E-state index is 10.4. The molecule has 0 amide bonds. The number of anilines is 1. The van der Waals surface area contributed by atoms with E-state index in [2.05, 4.69) is 16.6 Å². The minimum atomic E-state index is -2.02. The summed E-state index contributed by atoms with van der Waals surface area (Å²) in [4.78, 5) is 5.30. The summed E-state index contributed by atoms with van der Waals surface area (Å²) >= 11 is -0.580. The number of nitrogens with zero attached hydrogens (tertiary/aromatic N) is 1. The van der Waals surface area contributed by atoms with Gasteiger partial charge in [0, 0.05) is 4.88 Å². The van der Waals surface area contributed by atoms with Crippen LogP contribution in [0.4, 0.5) is 5.13 Å². The van der Waals surface area contributed by atoms with Crippen molar-refractivity contribution in [2.75, 3.05) is 4.72 Å². The lowest BCUT2D eigenvalue weighted by Gasteiger charge is -1.91. The van der Waals surface area contributed by atoms with Gasteiger partial charge in [-0.25, -0.2) is 9.19 Å². The number of thiazole rings is 1.